The molecule has 0 aliphatic rings. The third-order valence-electron chi connectivity index (χ3n) is 6.43. The van der Waals surface area contributed by atoms with Gasteiger partial charge in [0.25, 0.3) is 0 Å². The Kier molecular flexibility index (Phi) is 11.6. The van der Waals surface area contributed by atoms with Crippen LogP contribution in [-0.4, -0.2) is 29.9 Å². The molecule has 0 unspecified atom stereocenters. The summed E-state index contributed by atoms with van der Waals surface area (Å²) in [5.74, 6) is 0. The minimum atomic E-state index is -3.48. The molecule has 0 heterocycles. The highest BCUT2D eigenvalue weighted by Crippen LogP contribution is 2.22. The SMILES string of the molecule is Cc1cc(C)c(S(=O)(=O)NCCCCCCCCCCNS(=O)(=O)c2c(C)cc(C)cc2C)c(C)c1. The Labute approximate surface area is 219 Å². The topological polar surface area (TPSA) is 92.3 Å². The van der Waals surface area contributed by atoms with Crippen LogP contribution in [0.15, 0.2) is 34.1 Å². The van der Waals surface area contributed by atoms with E-state index in [-0.39, 0.29) is 0 Å². The smallest absolute Gasteiger partial charge is 0.211 e. The summed E-state index contributed by atoms with van der Waals surface area (Å²) < 4.78 is 56.2. The fourth-order valence-corrected chi connectivity index (χ4v) is 8.10. The van der Waals surface area contributed by atoms with E-state index in [1.54, 1.807) is 0 Å². The molecule has 0 saturated carbocycles. The average Bonchev–Trinajstić information content (AvgIpc) is 2.72. The first-order valence-electron chi connectivity index (χ1n) is 13.0. The normalized spacial score (nSPS) is 12.3. The number of aryl methyl sites for hydroxylation is 6. The predicted molar refractivity (Wildman–Crippen MR) is 149 cm³/mol. The number of sulfonamides is 2. The minimum Gasteiger partial charge on any atom is -0.211 e. The predicted octanol–water partition coefficient (Wildman–Crippen LogP) is 5.91. The lowest BCUT2D eigenvalue weighted by atomic mass is 10.1. The van der Waals surface area contributed by atoms with E-state index in [9.17, 15) is 16.8 Å². The van der Waals surface area contributed by atoms with Crippen LogP contribution in [0.3, 0.4) is 0 Å². The van der Waals surface area contributed by atoms with Gasteiger partial charge in [0.15, 0.2) is 0 Å². The highest BCUT2D eigenvalue weighted by Gasteiger charge is 2.20. The van der Waals surface area contributed by atoms with E-state index in [0.29, 0.717) is 22.9 Å². The van der Waals surface area contributed by atoms with Gasteiger partial charge < -0.3 is 0 Å². The second-order valence-corrected chi connectivity index (χ2v) is 13.5. The zero-order chi connectivity index (χ0) is 26.9. The first-order chi connectivity index (χ1) is 16.8. The van der Waals surface area contributed by atoms with Gasteiger partial charge >= 0.3 is 0 Å². The number of nitrogens with one attached hydrogen (secondary N) is 2. The van der Waals surface area contributed by atoms with Gasteiger partial charge in [-0.15, -0.1) is 0 Å². The Hall–Kier alpha value is -1.74. The van der Waals surface area contributed by atoms with Gasteiger partial charge in [0.1, 0.15) is 0 Å². The van der Waals surface area contributed by atoms with Crippen molar-refractivity contribution in [2.24, 2.45) is 0 Å². The van der Waals surface area contributed by atoms with E-state index >= 15 is 0 Å². The largest absolute Gasteiger partial charge is 0.241 e. The Morgan fingerprint density at radius 1 is 0.472 bits per heavy atom. The van der Waals surface area contributed by atoms with Crippen molar-refractivity contribution in [1.82, 2.24) is 9.44 Å². The quantitative estimate of drug-likeness (QED) is 0.277. The van der Waals surface area contributed by atoms with E-state index in [1.165, 1.54) is 0 Å². The lowest BCUT2D eigenvalue weighted by Gasteiger charge is -2.13. The molecule has 2 aromatic carbocycles. The Bertz CT molecular complexity index is 1090. The highest BCUT2D eigenvalue weighted by atomic mass is 32.2. The maximum atomic E-state index is 12.7. The van der Waals surface area contributed by atoms with Gasteiger partial charge in [-0.25, -0.2) is 26.3 Å². The molecule has 0 aliphatic heterocycles. The van der Waals surface area contributed by atoms with Crippen molar-refractivity contribution in [2.45, 2.75) is 103 Å². The molecule has 2 N–H and O–H groups in total. The van der Waals surface area contributed by atoms with Crippen LogP contribution in [0.25, 0.3) is 0 Å². The molecule has 8 heteroatoms. The summed E-state index contributed by atoms with van der Waals surface area (Å²) >= 11 is 0. The summed E-state index contributed by atoms with van der Waals surface area (Å²) in [4.78, 5) is 0.805. The Balaban J connectivity index is 1.57. The molecule has 0 bridgehead atoms. The van der Waals surface area contributed by atoms with Crippen LogP contribution < -0.4 is 9.44 Å². The Morgan fingerprint density at radius 2 is 0.722 bits per heavy atom. The molecule has 2 aromatic rings. The maximum absolute atomic E-state index is 12.7. The molecule has 0 spiro atoms. The summed E-state index contributed by atoms with van der Waals surface area (Å²) in [5.41, 5.74) is 5.28. The summed E-state index contributed by atoms with van der Waals surface area (Å²) in [6.07, 6.45) is 7.98. The van der Waals surface area contributed by atoms with Gasteiger partial charge in [0, 0.05) is 13.1 Å². The number of hydrogen-bond acceptors (Lipinski definition) is 4. The third-order valence-corrected chi connectivity index (χ3v) is 9.97. The minimum absolute atomic E-state index is 0.402. The summed E-state index contributed by atoms with van der Waals surface area (Å²) in [5, 5.41) is 0. The molecule has 0 amide bonds. The van der Waals surface area contributed by atoms with Crippen molar-refractivity contribution in [1.29, 1.82) is 0 Å². The third kappa shape index (κ3) is 8.98. The number of hydrogen-bond donors (Lipinski definition) is 2. The molecule has 0 fully saturated rings. The monoisotopic (exact) mass is 536 g/mol. The van der Waals surface area contributed by atoms with Crippen molar-refractivity contribution in [3.63, 3.8) is 0 Å². The molecule has 202 valence electrons. The van der Waals surface area contributed by atoms with Crippen LogP contribution in [0.5, 0.6) is 0 Å². The zero-order valence-electron chi connectivity index (χ0n) is 22.8. The lowest BCUT2D eigenvalue weighted by molar-refractivity contribution is 0.548. The lowest BCUT2D eigenvalue weighted by Crippen LogP contribution is -2.26. The van der Waals surface area contributed by atoms with Gasteiger partial charge in [-0.3, -0.25) is 0 Å². The molecule has 6 nitrogen and oxygen atoms in total. The van der Waals surface area contributed by atoms with Gasteiger partial charge in [0.2, 0.25) is 20.0 Å². The van der Waals surface area contributed by atoms with Crippen molar-refractivity contribution in [3.8, 4) is 0 Å². The highest BCUT2D eigenvalue weighted by molar-refractivity contribution is 7.89. The van der Waals surface area contributed by atoms with E-state index in [4.69, 9.17) is 0 Å². The summed E-state index contributed by atoms with van der Waals surface area (Å²) in [6.45, 7) is 12.2. The van der Waals surface area contributed by atoms with E-state index in [1.807, 2.05) is 65.8 Å². The zero-order valence-corrected chi connectivity index (χ0v) is 24.5. The van der Waals surface area contributed by atoms with Crippen molar-refractivity contribution < 1.29 is 16.8 Å². The number of benzene rings is 2. The molecule has 0 radical (unpaired) electrons. The van der Waals surface area contributed by atoms with E-state index < -0.39 is 20.0 Å². The maximum Gasteiger partial charge on any atom is 0.241 e. The molecule has 36 heavy (non-hydrogen) atoms. The molecular weight excluding hydrogens is 492 g/mol. The van der Waals surface area contributed by atoms with Crippen LogP contribution in [0.1, 0.15) is 84.7 Å². The average molecular weight is 537 g/mol. The second-order valence-electron chi connectivity index (χ2n) is 10.1. The van der Waals surface area contributed by atoms with Crippen molar-refractivity contribution in [2.75, 3.05) is 13.1 Å². The Morgan fingerprint density at radius 3 is 1.00 bits per heavy atom. The van der Waals surface area contributed by atoms with Crippen LogP contribution in [0.2, 0.25) is 0 Å². The van der Waals surface area contributed by atoms with Gasteiger partial charge in [-0.1, -0.05) is 73.9 Å². The standard InChI is InChI=1S/C28H44N2O4S2/c1-21-17-23(3)27(24(4)18-21)35(31,32)29-15-13-11-9-7-8-10-12-14-16-30-36(33,34)28-25(5)19-22(2)20-26(28)6/h17-20,29-30H,7-16H2,1-6H3. The van der Waals surface area contributed by atoms with Crippen molar-refractivity contribution in [3.05, 3.63) is 57.6 Å². The van der Waals surface area contributed by atoms with E-state index in [2.05, 4.69) is 9.44 Å². The van der Waals surface area contributed by atoms with Crippen LogP contribution in [0.4, 0.5) is 0 Å². The molecular formula is C28H44N2O4S2. The summed E-state index contributed by atoms with van der Waals surface area (Å²) in [7, 11) is -6.97. The molecule has 0 aromatic heterocycles. The molecule has 0 atom stereocenters. The van der Waals surface area contributed by atoms with Crippen LogP contribution in [0, 0.1) is 41.5 Å². The second kappa shape index (κ2) is 13.7. The van der Waals surface area contributed by atoms with Gasteiger partial charge in [-0.2, -0.15) is 0 Å². The first-order valence-corrected chi connectivity index (χ1v) is 16.0. The number of unbranched alkanes of at least 4 members (excludes halogenated alkanes) is 7. The number of rotatable bonds is 15. The molecule has 0 aliphatic carbocycles. The fourth-order valence-electron chi connectivity index (χ4n) is 5.05. The van der Waals surface area contributed by atoms with Gasteiger partial charge in [-0.05, 0) is 76.6 Å². The van der Waals surface area contributed by atoms with Crippen LogP contribution in [-0.2, 0) is 20.0 Å². The van der Waals surface area contributed by atoms with Gasteiger partial charge in [0.05, 0.1) is 9.79 Å². The molecule has 0 saturated heterocycles. The van der Waals surface area contributed by atoms with Crippen LogP contribution >= 0.6 is 0 Å². The summed E-state index contributed by atoms with van der Waals surface area (Å²) in [6, 6.07) is 7.62. The van der Waals surface area contributed by atoms with E-state index in [0.717, 1.165) is 84.7 Å². The van der Waals surface area contributed by atoms with Crippen molar-refractivity contribution >= 4 is 20.0 Å². The molecule has 2 rings (SSSR count). The first kappa shape index (κ1) is 30.5. The fraction of sp³-hybridized carbons (Fsp3) is 0.571.